The number of rotatable bonds is 7. The van der Waals surface area contributed by atoms with Gasteiger partial charge in [-0.1, -0.05) is 25.0 Å². The van der Waals surface area contributed by atoms with Crippen LogP contribution in [0.2, 0.25) is 0 Å². The van der Waals surface area contributed by atoms with E-state index in [0.717, 1.165) is 12.5 Å². The van der Waals surface area contributed by atoms with Gasteiger partial charge >= 0.3 is 5.97 Å². The average Bonchev–Trinajstić information content (AvgIpc) is 3.20. The highest BCUT2D eigenvalue weighted by Crippen LogP contribution is 2.33. The van der Waals surface area contributed by atoms with Crippen molar-refractivity contribution in [2.75, 3.05) is 0 Å². The van der Waals surface area contributed by atoms with Crippen molar-refractivity contribution in [3.05, 3.63) is 35.9 Å². The van der Waals surface area contributed by atoms with Crippen molar-refractivity contribution in [3.8, 4) is 0 Å². The Labute approximate surface area is 124 Å². The number of carbonyl (C=O) groups is 1. The predicted molar refractivity (Wildman–Crippen MR) is 80.2 cm³/mol. The highest BCUT2D eigenvalue weighted by Gasteiger charge is 2.26. The number of aliphatic carboxylic acids is 1. The van der Waals surface area contributed by atoms with Crippen LogP contribution >= 0.6 is 0 Å². The highest BCUT2D eigenvalue weighted by molar-refractivity contribution is 7.89. The van der Waals surface area contributed by atoms with Gasteiger partial charge in [-0.2, -0.15) is 0 Å². The van der Waals surface area contributed by atoms with E-state index < -0.39 is 16.0 Å². The third kappa shape index (κ3) is 4.99. The first-order valence-corrected chi connectivity index (χ1v) is 8.38. The first-order chi connectivity index (χ1) is 9.87. The number of nitrogens with one attached hydrogen (secondary N) is 1. The molecule has 5 nitrogen and oxygen atoms in total. The number of hydrogen-bond acceptors (Lipinski definition) is 3. The fourth-order valence-electron chi connectivity index (χ4n) is 2.19. The Morgan fingerprint density at radius 2 is 2.19 bits per heavy atom. The molecular formula is C15H19NO4S. The Morgan fingerprint density at radius 1 is 1.48 bits per heavy atom. The summed E-state index contributed by atoms with van der Waals surface area (Å²) in [4.78, 5) is 10.6. The summed E-state index contributed by atoms with van der Waals surface area (Å²) in [5.74, 6) is -0.424. The highest BCUT2D eigenvalue weighted by atomic mass is 32.2. The van der Waals surface area contributed by atoms with Crippen molar-refractivity contribution >= 4 is 22.1 Å². The summed E-state index contributed by atoms with van der Waals surface area (Å²) >= 11 is 0. The van der Waals surface area contributed by atoms with E-state index >= 15 is 0 Å². The summed E-state index contributed by atoms with van der Waals surface area (Å²) in [7, 11) is -3.57. The lowest BCUT2D eigenvalue weighted by Gasteiger charge is -2.14. The van der Waals surface area contributed by atoms with E-state index in [1.54, 1.807) is 12.1 Å². The van der Waals surface area contributed by atoms with Crippen LogP contribution in [0.25, 0.3) is 6.08 Å². The Balaban J connectivity index is 2.11. The second-order valence-corrected chi connectivity index (χ2v) is 7.16. The lowest BCUT2D eigenvalue weighted by molar-refractivity contribution is -0.131. The minimum atomic E-state index is -3.57. The number of carboxylic acid groups (broad SMARTS) is 1. The molecule has 1 aliphatic carbocycles. The van der Waals surface area contributed by atoms with Crippen LogP contribution in [-0.4, -0.2) is 25.5 Å². The van der Waals surface area contributed by atoms with Gasteiger partial charge in [-0.25, -0.2) is 17.9 Å². The molecular weight excluding hydrogens is 290 g/mol. The molecule has 1 fully saturated rings. The molecule has 1 atom stereocenters. The van der Waals surface area contributed by atoms with Crippen LogP contribution in [0.4, 0.5) is 0 Å². The van der Waals surface area contributed by atoms with Crippen molar-refractivity contribution < 1.29 is 18.3 Å². The van der Waals surface area contributed by atoms with E-state index in [1.165, 1.54) is 31.1 Å². The third-order valence-electron chi connectivity index (χ3n) is 3.33. The van der Waals surface area contributed by atoms with Gasteiger partial charge < -0.3 is 5.11 Å². The molecule has 0 spiro atoms. The fourth-order valence-corrected chi connectivity index (χ4v) is 3.50. The maximum atomic E-state index is 12.3. The molecule has 0 saturated heterocycles. The van der Waals surface area contributed by atoms with E-state index in [4.69, 9.17) is 5.11 Å². The molecule has 1 aliphatic rings. The van der Waals surface area contributed by atoms with Gasteiger partial charge in [0.2, 0.25) is 10.0 Å². The van der Waals surface area contributed by atoms with Gasteiger partial charge in [-0.3, -0.25) is 0 Å². The second kappa shape index (κ2) is 6.41. The summed E-state index contributed by atoms with van der Waals surface area (Å²) in [6, 6.07) is 6.13. The maximum absolute atomic E-state index is 12.3. The standard InChI is InChI=1S/C15H19NO4S/c1-11(9-13-5-6-13)16-21(19,20)14-4-2-3-12(10-14)7-8-15(17)18/h2-4,7-8,10-11,13,16H,5-6,9H2,1H3,(H,17,18). The van der Waals surface area contributed by atoms with Crippen LogP contribution in [0.1, 0.15) is 31.7 Å². The third-order valence-corrected chi connectivity index (χ3v) is 4.91. The number of sulfonamides is 1. The van der Waals surface area contributed by atoms with Crippen LogP contribution in [0, 0.1) is 5.92 Å². The quantitative estimate of drug-likeness (QED) is 0.757. The zero-order valence-electron chi connectivity index (χ0n) is 11.8. The Hall–Kier alpha value is -1.66. The first kappa shape index (κ1) is 15.7. The largest absolute Gasteiger partial charge is 0.478 e. The zero-order chi connectivity index (χ0) is 15.5. The molecule has 0 radical (unpaired) electrons. The van der Waals surface area contributed by atoms with Crippen LogP contribution in [0.3, 0.4) is 0 Å². The number of hydrogen-bond donors (Lipinski definition) is 2. The second-order valence-electron chi connectivity index (χ2n) is 5.45. The van der Waals surface area contributed by atoms with Crippen molar-refractivity contribution in [1.82, 2.24) is 4.72 Å². The summed E-state index contributed by atoms with van der Waals surface area (Å²) in [5.41, 5.74) is 0.537. The Kier molecular flexibility index (Phi) is 4.80. The molecule has 6 heteroatoms. The van der Waals surface area contributed by atoms with Crippen molar-refractivity contribution in [1.29, 1.82) is 0 Å². The van der Waals surface area contributed by atoms with Crippen molar-refractivity contribution in [2.45, 2.75) is 37.1 Å². The molecule has 2 N–H and O–H groups in total. The van der Waals surface area contributed by atoms with Gasteiger partial charge in [-0.05, 0) is 43.0 Å². The van der Waals surface area contributed by atoms with E-state index in [9.17, 15) is 13.2 Å². The van der Waals surface area contributed by atoms with Crippen LogP contribution in [-0.2, 0) is 14.8 Å². The van der Waals surface area contributed by atoms with Gasteiger partial charge in [0, 0.05) is 12.1 Å². The van der Waals surface area contributed by atoms with E-state index in [1.807, 2.05) is 6.92 Å². The molecule has 2 rings (SSSR count). The normalized spacial score (nSPS) is 17.0. The summed E-state index contributed by atoms with van der Waals surface area (Å²) in [6.07, 6.45) is 5.57. The van der Waals surface area contributed by atoms with Crippen molar-refractivity contribution in [2.24, 2.45) is 5.92 Å². The minimum Gasteiger partial charge on any atom is -0.478 e. The molecule has 1 aromatic rings. The number of carboxylic acids is 1. The molecule has 1 aromatic carbocycles. The molecule has 21 heavy (non-hydrogen) atoms. The van der Waals surface area contributed by atoms with Gasteiger partial charge in [-0.15, -0.1) is 0 Å². The molecule has 114 valence electrons. The molecule has 0 bridgehead atoms. The maximum Gasteiger partial charge on any atom is 0.328 e. The molecule has 0 heterocycles. The topological polar surface area (TPSA) is 83.5 Å². The fraction of sp³-hybridized carbons (Fsp3) is 0.400. The van der Waals surface area contributed by atoms with Gasteiger partial charge in [0.15, 0.2) is 0 Å². The van der Waals surface area contributed by atoms with E-state index in [0.29, 0.717) is 11.5 Å². The molecule has 1 unspecified atom stereocenters. The monoisotopic (exact) mass is 309 g/mol. The number of benzene rings is 1. The minimum absolute atomic E-state index is 0.0966. The first-order valence-electron chi connectivity index (χ1n) is 6.90. The molecule has 0 aromatic heterocycles. The van der Waals surface area contributed by atoms with Crippen LogP contribution < -0.4 is 4.72 Å². The molecule has 0 aliphatic heterocycles. The predicted octanol–water partition coefficient (Wildman–Crippen LogP) is 2.25. The van der Waals surface area contributed by atoms with Gasteiger partial charge in [0.1, 0.15) is 0 Å². The summed E-state index contributed by atoms with van der Waals surface area (Å²) in [6.45, 7) is 1.87. The zero-order valence-corrected chi connectivity index (χ0v) is 12.6. The van der Waals surface area contributed by atoms with E-state index in [-0.39, 0.29) is 10.9 Å². The van der Waals surface area contributed by atoms with E-state index in [2.05, 4.69) is 4.72 Å². The Bertz CT molecular complexity index is 647. The van der Waals surface area contributed by atoms with Gasteiger partial charge in [0.25, 0.3) is 0 Å². The molecule has 1 saturated carbocycles. The summed E-state index contributed by atoms with van der Waals surface area (Å²) in [5, 5.41) is 8.60. The lowest BCUT2D eigenvalue weighted by Crippen LogP contribution is -2.32. The average molecular weight is 309 g/mol. The lowest BCUT2D eigenvalue weighted by atomic mass is 10.2. The summed E-state index contributed by atoms with van der Waals surface area (Å²) < 4.78 is 27.2. The smallest absolute Gasteiger partial charge is 0.328 e. The van der Waals surface area contributed by atoms with Crippen LogP contribution in [0.15, 0.2) is 35.2 Å². The van der Waals surface area contributed by atoms with Crippen molar-refractivity contribution in [3.63, 3.8) is 0 Å². The van der Waals surface area contributed by atoms with Gasteiger partial charge in [0.05, 0.1) is 4.90 Å². The Morgan fingerprint density at radius 3 is 2.81 bits per heavy atom. The SMILES string of the molecule is CC(CC1CC1)NS(=O)(=O)c1cccc(C=CC(=O)O)c1. The molecule has 0 amide bonds. The van der Waals surface area contributed by atoms with Crippen LogP contribution in [0.5, 0.6) is 0 Å².